The summed E-state index contributed by atoms with van der Waals surface area (Å²) in [6.45, 7) is 16.7. The smallest absolute Gasteiger partial charge is 0.410 e. The molecule has 0 aliphatic carbocycles. The summed E-state index contributed by atoms with van der Waals surface area (Å²) in [5, 5.41) is 29.3. The molecule has 18 nitrogen and oxygen atoms in total. The predicted molar refractivity (Wildman–Crippen MR) is 234 cm³/mol. The molecular weight excluding hydrogens is 827 g/mol. The van der Waals surface area contributed by atoms with Crippen LogP contribution >= 0.6 is 0 Å². The Morgan fingerprint density at radius 2 is 1.78 bits per heavy atom. The molecule has 0 unspecified atom stereocenters. The number of aliphatic imine (C=N–C) groups is 1. The third-order valence-electron chi connectivity index (χ3n) is 14.1. The number of aryl methyl sites for hydroxylation is 1. The number of cyclic esters (lactones) is 1. The number of methoxy groups -OCH3 is 1. The number of hydroxylamine groups is 1. The third kappa shape index (κ3) is 10.2. The van der Waals surface area contributed by atoms with E-state index in [1.54, 1.807) is 29.1 Å². The largest absolute Gasteiger partial charge is 0.458 e. The Labute approximate surface area is 376 Å². The van der Waals surface area contributed by atoms with Gasteiger partial charge >= 0.3 is 12.1 Å². The highest BCUT2D eigenvalue weighted by molar-refractivity contribution is 6.00. The Morgan fingerprint density at radius 3 is 2.45 bits per heavy atom. The number of amides is 2. The summed E-state index contributed by atoms with van der Waals surface area (Å²) >= 11 is 0. The van der Waals surface area contributed by atoms with Crippen molar-refractivity contribution in [2.75, 3.05) is 27.2 Å². The molecule has 4 aliphatic heterocycles. The number of carbonyl (C=O) groups excluding carboxylic acids is 4. The van der Waals surface area contributed by atoms with E-state index in [1.165, 1.54) is 6.92 Å². The molecule has 3 N–H and O–H groups in total. The average molecular weight is 896 g/mol. The van der Waals surface area contributed by atoms with Gasteiger partial charge in [-0.05, 0) is 78.3 Å². The van der Waals surface area contributed by atoms with Crippen LogP contribution in [0.3, 0.4) is 0 Å². The molecule has 0 saturated carbocycles. The van der Waals surface area contributed by atoms with Crippen LogP contribution in [-0.2, 0) is 51.2 Å². The van der Waals surface area contributed by atoms with Crippen molar-refractivity contribution >= 4 is 29.5 Å². The van der Waals surface area contributed by atoms with Gasteiger partial charge in [-0.2, -0.15) is 0 Å². The summed E-state index contributed by atoms with van der Waals surface area (Å²) in [5.41, 5.74) is 2.79. The number of aromatic nitrogens is 3. The molecule has 18 heteroatoms. The first-order valence-electron chi connectivity index (χ1n) is 22.8. The fourth-order valence-corrected chi connectivity index (χ4v) is 10.6. The minimum Gasteiger partial charge on any atom is -0.458 e. The van der Waals surface area contributed by atoms with Gasteiger partial charge in [-0.25, -0.2) is 10.3 Å². The van der Waals surface area contributed by atoms with Crippen LogP contribution in [0.1, 0.15) is 99.5 Å². The van der Waals surface area contributed by atoms with Crippen molar-refractivity contribution in [2.45, 2.75) is 161 Å². The highest BCUT2D eigenvalue weighted by atomic mass is 16.7. The molecule has 5 heterocycles. The topological polar surface area (TPSA) is 216 Å². The zero-order chi connectivity index (χ0) is 46.7. The Hall–Kier alpha value is -4.33. The van der Waals surface area contributed by atoms with Crippen LogP contribution in [0.4, 0.5) is 4.79 Å². The van der Waals surface area contributed by atoms with Crippen molar-refractivity contribution in [1.29, 1.82) is 0 Å². The van der Waals surface area contributed by atoms with Crippen molar-refractivity contribution in [3.8, 4) is 11.3 Å². The summed E-state index contributed by atoms with van der Waals surface area (Å²) in [4.78, 5) is 61.9. The fraction of sp³-hybridized carbons (Fsp3) is 0.717. The van der Waals surface area contributed by atoms with Gasteiger partial charge in [0.25, 0.3) is 0 Å². The monoisotopic (exact) mass is 896 g/mol. The molecule has 6 rings (SSSR count). The molecule has 3 fully saturated rings. The number of benzene rings is 1. The second-order valence-electron chi connectivity index (χ2n) is 18.8. The molecule has 2 aromatic rings. The number of aliphatic hydroxyl groups excluding tert-OH is 1. The second-order valence-corrected chi connectivity index (χ2v) is 18.8. The van der Waals surface area contributed by atoms with Gasteiger partial charge in [0.2, 0.25) is 5.91 Å². The minimum atomic E-state index is -1.19. The SMILES string of the molecule is CC[C@H]1OC(=O)[C@H](C)C(=O)[C@H](C)[C@@H](O[C@@H]2O[C@H](C)C[C@H](N(C)Cc3ccc(-c4cn(CCCCC(=O)NO)nn4)cc3)[C@H]2O)[C@@](C)(OC)C[C@@H](C)C2=NCCN3C(=O)O[C@@]1(C)[C@H]3[C@H]2C. The molecule has 0 spiro atoms. The van der Waals surface area contributed by atoms with Gasteiger partial charge in [-0.15, -0.1) is 5.10 Å². The standard InChI is InChI=1S/C46H69N7O11/c1-11-35-46(8)40-28(4)37(47-19-21-53(40)44(58)64-46)26(2)23-45(7,60-10)41(29(5)38(55)30(6)42(57)62-35)63-43-39(56)34(22-27(3)61-43)51(9)24-31-15-17-32(18-16-31)33-25-52(50-48-33)20-13-12-14-36(54)49-59/h15-18,25-30,34-35,39-41,43,56,59H,11-14,19-24H2,1-10H3,(H,49,54)/t26-,27-,28+,29+,30-,34+,35-,39-,40-,41-,43+,45+,46-/m1/s1. The number of Topliss-reactive ketones (excluding diaryl/α,β-unsaturated/α-hetero) is 1. The van der Waals surface area contributed by atoms with Gasteiger partial charge in [-0.3, -0.25) is 39.1 Å². The van der Waals surface area contributed by atoms with E-state index in [4.69, 9.17) is 33.9 Å². The third-order valence-corrected chi connectivity index (χ3v) is 14.1. The Balaban J connectivity index is 1.21. The van der Waals surface area contributed by atoms with Crippen molar-refractivity contribution in [1.82, 2.24) is 30.3 Å². The van der Waals surface area contributed by atoms with Gasteiger partial charge in [0.05, 0.1) is 36.6 Å². The first-order chi connectivity index (χ1) is 30.3. The molecule has 2 bridgehead atoms. The summed E-state index contributed by atoms with van der Waals surface area (Å²) in [7, 11) is 3.52. The molecule has 4 aliphatic rings. The van der Waals surface area contributed by atoms with E-state index in [0.29, 0.717) is 64.0 Å². The van der Waals surface area contributed by atoms with Crippen LogP contribution in [-0.4, -0.2) is 146 Å². The van der Waals surface area contributed by atoms with Gasteiger partial charge in [-0.1, -0.05) is 57.2 Å². The number of nitrogens with one attached hydrogen (secondary N) is 1. The number of rotatable bonds is 13. The molecule has 2 amide bonds. The number of carbonyl (C=O) groups is 4. The van der Waals surface area contributed by atoms with Crippen LogP contribution < -0.4 is 5.48 Å². The van der Waals surface area contributed by atoms with E-state index < -0.39 is 77.4 Å². The number of hydrogen-bond donors (Lipinski definition) is 3. The quantitative estimate of drug-likeness (QED) is 0.0826. The molecule has 354 valence electrons. The molecule has 1 aromatic heterocycles. The maximum atomic E-state index is 14.5. The zero-order valence-corrected chi connectivity index (χ0v) is 39.1. The number of unbranched alkanes of at least 4 members (excludes halogenated alkanes) is 1. The lowest BCUT2D eigenvalue weighted by molar-refractivity contribution is -0.296. The normalized spacial score (nSPS) is 35.0. The van der Waals surface area contributed by atoms with Crippen LogP contribution in [0.15, 0.2) is 35.5 Å². The van der Waals surface area contributed by atoms with Crippen molar-refractivity contribution < 1.29 is 53.2 Å². The van der Waals surface area contributed by atoms with Gasteiger partial charge in [0.15, 0.2) is 17.7 Å². The number of likely N-dealkylation sites (N-methyl/N-ethyl adjacent to an activating group) is 1. The Bertz CT molecular complexity index is 2000. The van der Waals surface area contributed by atoms with E-state index in [1.807, 2.05) is 72.1 Å². The highest BCUT2D eigenvalue weighted by Gasteiger charge is 2.60. The summed E-state index contributed by atoms with van der Waals surface area (Å²) in [5.74, 6) is -4.14. The summed E-state index contributed by atoms with van der Waals surface area (Å²) < 4.78 is 33.5. The fourth-order valence-electron chi connectivity index (χ4n) is 10.6. The highest BCUT2D eigenvalue weighted by Crippen LogP contribution is 2.44. The van der Waals surface area contributed by atoms with Gasteiger partial charge < -0.3 is 28.8 Å². The summed E-state index contributed by atoms with van der Waals surface area (Å²) in [6.07, 6.45) is -0.219. The molecule has 3 saturated heterocycles. The van der Waals surface area contributed by atoms with E-state index in [0.717, 1.165) is 16.8 Å². The first kappa shape index (κ1) is 49.1. The predicted octanol–water partition coefficient (Wildman–Crippen LogP) is 4.58. The first-order valence-corrected chi connectivity index (χ1v) is 22.8. The maximum Gasteiger partial charge on any atom is 0.410 e. The average Bonchev–Trinajstić information content (AvgIpc) is 3.79. The molecule has 64 heavy (non-hydrogen) atoms. The maximum absolute atomic E-state index is 14.5. The van der Waals surface area contributed by atoms with Crippen LogP contribution in [0.25, 0.3) is 11.3 Å². The number of hydrogen-bond acceptors (Lipinski definition) is 15. The second kappa shape index (κ2) is 20.5. The van der Waals surface area contributed by atoms with Crippen LogP contribution in [0, 0.1) is 23.7 Å². The zero-order valence-electron chi connectivity index (χ0n) is 39.1. The molecule has 0 radical (unpaired) electrons. The van der Waals surface area contributed by atoms with Gasteiger partial charge in [0, 0.05) is 62.3 Å². The lowest BCUT2D eigenvalue weighted by Gasteiger charge is -2.47. The molecular formula is C46H69N7O11. The summed E-state index contributed by atoms with van der Waals surface area (Å²) in [6, 6.07) is 7.12. The van der Waals surface area contributed by atoms with Crippen molar-refractivity contribution in [3.63, 3.8) is 0 Å². The lowest BCUT2D eigenvalue weighted by atomic mass is 9.73. The van der Waals surface area contributed by atoms with Crippen molar-refractivity contribution in [2.24, 2.45) is 28.7 Å². The van der Waals surface area contributed by atoms with E-state index in [9.17, 15) is 24.3 Å². The Morgan fingerprint density at radius 1 is 1.06 bits per heavy atom. The van der Waals surface area contributed by atoms with Gasteiger partial charge in [0.1, 0.15) is 23.8 Å². The van der Waals surface area contributed by atoms with Crippen LogP contribution in [0.2, 0.25) is 0 Å². The number of fused-ring (bicyclic) bond motifs is 1. The number of esters is 1. The number of ketones is 1. The van der Waals surface area contributed by atoms with Crippen molar-refractivity contribution in [3.05, 3.63) is 36.0 Å². The van der Waals surface area contributed by atoms with E-state index in [-0.39, 0.29) is 30.4 Å². The number of aliphatic hydroxyl groups is 1. The molecule has 13 atom stereocenters. The van der Waals surface area contributed by atoms with E-state index in [2.05, 4.69) is 22.1 Å². The van der Waals surface area contributed by atoms with Crippen LogP contribution in [0.5, 0.6) is 0 Å². The Kier molecular flexibility index (Phi) is 15.7. The number of ether oxygens (including phenoxy) is 5. The lowest BCUT2D eigenvalue weighted by Crippen LogP contribution is -2.60. The molecule has 1 aromatic carbocycles. The minimum absolute atomic E-state index is 0.205. The number of nitrogens with zero attached hydrogens (tertiary/aromatic N) is 6. The van der Waals surface area contributed by atoms with E-state index >= 15 is 0 Å².